The highest BCUT2D eigenvalue weighted by atomic mass is 19.1. The molecule has 0 amide bonds. The predicted octanol–water partition coefficient (Wildman–Crippen LogP) is 2.48. The van der Waals surface area contributed by atoms with Crippen molar-refractivity contribution in [3.05, 3.63) is 48.3 Å². The molecule has 0 aromatic heterocycles. The van der Waals surface area contributed by atoms with Gasteiger partial charge in [0.15, 0.2) is 0 Å². The highest BCUT2D eigenvalue weighted by Gasteiger charge is 2.06. The number of benzene rings is 2. The Morgan fingerprint density at radius 3 is 2.72 bits per heavy atom. The molecule has 0 aliphatic carbocycles. The molecule has 0 radical (unpaired) electrons. The molecule has 0 saturated heterocycles. The minimum Gasteiger partial charge on any atom is -0.399 e. The molecule has 0 saturated carbocycles. The number of aliphatic hydroxyl groups is 1. The molecule has 3 nitrogen and oxygen atoms in total. The monoisotopic (exact) mass is 246 g/mol. The van der Waals surface area contributed by atoms with Crippen molar-refractivity contribution >= 4 is 11.4 Å². The molecule has 2 aromatic rings. The second kappa shape index (κ2) is 5.51. The summed E-state index contributed by atoms with van der Waals surface area (Å²) in [6.45, 7) is 0.471. The maximum atomic E-state index is 13.2. The van der Waals surface area contributed by atoms with Gasteiger partial charge < -0.3 is 16.2 Å². The van der Waals surface area contributed by atoms with Crippen molar-refractivity contribution in [1.29, 1.82) is 0 Å². The average molecular weight is 246 g/mol. The minimum atomic E-state index is -0.289. The van der Waals surface area contributed by atoms with E-state index in [1.807, 2.05) is 12.1 Å². The Kier molecular flexibility index (Phi) is 3.79. The van der Waals surface area contributed by atoms with Crippen LogP contribution >= 0.6 is 0 Å². The number of hydrogen-bond acceptors (Lipinski definition) is 3. The summed E-state index contributed by atoms with van der Waals surface area (Å²) < 4.78 is 13.2. The zero-order valence-corrected chi connectivity index (χ0v) is 9.86. The van der Waals surface area contributed by atoms with Gasteiger partial charge in [-0.3, -0.25) is 0 Å². The van der Waals surface area contributed by atoms with Crippen molar-refractivity contribution in [1.82, 2.24) is 0 Å². The molecule has 18 heavy (non-hydrogen) atoms. The van der Waals surface area contributed by atoms with Gasteiger partial charge in [0.25, 0.3) is 0 Å². The SMILES string of the molecule is Nc1ccc(NCCO)c(-c2cccc(F)c2)c1. The molecule has 0 atom stereocenters. The van der Waals surface area contributed by atoms with Crippen LogP contribution in [0.4, 0.5) is 15.8 Å². The Hall–Kier alpha value is -2.07. The summed E-state index contributed by atoms with van der Waals surface area (Å²) in [6, 6.07) is 11.7. The number of nitrogens with two attached hydrogens (primary N) is 1. The van der Waals surface area contributed by atoms with Crippen LogP contribution in [0.1, 0.15) is 0 Å². The maximum Gasteiger partial charge on any atom is 0.123 e. The third-order valence-corrected chi connectivity index (χ3v) is 2.61. The van der Waals surface area contributed by atoms with Crippen LogP contribution in [0.2, 0.25) is 0 Å². The van der Waals surface area contributed by atoms with Gasteiger partial charge in [-0.2, -0.15) is 0 Å². The quantitative estimate of drug-likeness (QED) is 0.726. The molecule has 0 aliphatic rings. The molecule has 0 unspecified atom stereocenters. The number of nitrogens with one attached hydrogen (secondary N) is 1. The number of halogens is 1. The van der Waals surface area contributed by atoms with Gasteiger partial charge in [0, 0.05) is 23.5 Å². The molecule has 0 heterocycles. The lowest BCUT2D eigenvalue weighted by molar-refractivity contribution is 0.311. The molecule has 4 N–H and O–H groups in total. The van der Waals surface area contributed by atoms with Gasteiger partial charge >= 0.3 is 0 Å². The lowest BCUT2D eigenvalue weighted by Gasteiger charge is -2.12. The van der Waals surface area contributed by atoms with Crippen LogP contribution < -0.4 is 11.1 Å². The van der Waals surface area contributed by atoms with Crippen LogP contribution in [0.3, 0.4) is 0 Å². The van der Waals surface area contributed by atoms with E-state index in [4.69, 9.17) is 10.8 Å². The van der Waals surface area contributed by atoms with E-state index < -0.39 is 0 Å². The van der Waals surface area contributed by atoms with Crippen LogP contribution in [0.15, 0.2) is 42.5 Å². The molecule has 0 aliphatic heterocycles. The summed E-state index contributed by atoms with van der Waals surface area (Å²) in [5.41, 5.74) is 8.77. The molecule has 4 heteroatoms. The Labute approximate surface area is 105 Å². The summed E-state index contributed by atoms with van der Waals surface area (Å²) in [7, 11) is 0. The molecule has 0 fully saturated rings. The Morgan fingerprint density at radius 1 is 1.17 bits per heavy atom. The number of anilines is 2. The summed E-state index contributed by atoms with van der Waals surface area (Å²) in [5, 5.41) is 11.9. The molecule has 0 spiro atoms. The van der Waals surface area contributed by atoms with Gasteiger partial charge in [-0.15, -0.1) is 0 Å². The second-order valence-electron chi connectivity index (χ2n) is 3.97. The van der Waals surface area contributed by atoms with Gasteiger partial charge in [-0.25, -0.2) is 4.39 Å². The molecule has 94 valence electrons. The van der Waals surface area contributed by atoms with Crippen molar-refractivity contribution in [3.63, 3.8) is 0 Å². The van der Waals surface area contributed by atoms with Gasteiger partial charge in [0.2, 0.25) is 0 Å². The first-order valence-electron chi connectivity index (χ1n) is 5.71. The van der Waals surface area contributed by atoms with Gasteiger partial charge in [-0.05, 0) is 35.9 Å². The average Bonchev–Trinajstić information content (AvgIpc) is 2.37. The summed E-state index contributed by atoms with van der Waals surface area (Å²) in [6.07, 6.45) is 0. The van der Waals surface area contributed by atoms with E-state index in [2.05, 4.69) is 5.32 Å². The van der Waals surface area contributed by atoms with Crippen LogP contribution in [0, 0.1) is 5.82 Å². The zero-order valence-electron chi connectivity index (χ0n) is 9.86. The molecule has 0 bridgehead atoms. The topological polar surface area (TPSA) is 58.3 Å². The van der Waals surface area contributed by atoms with Gasteiger partial charge in [-0.1, -0.05) is 12.1 Å². The number of rotatable bonds is 4. The third kappa shape index (κ3) is 2.78. The first-order chi connectivity index (χ1) is 8.70. The first-order valence-corrected chi connectivity index (χ1v) is 5.71. The summed E-state index contributed by atoms with van der Waals surface area (Å²) >= 11 is 0. The fraction of sp³-hybridized carbons (Fsp3) is 0.143. The van der Waals surface area contributed by atoms with Gasteiger partial charge in [0.05, 0.1) is 6.61 Å². The minimum absolute atomic E-state index is 0.0347. The predicted molar refractivity (Wildman–Crippen MR) is 71.8 cm³/mol. The fourth-order valence-corrected chi connectivity index (χ4v) is 1.80. The van der Waals surface area contributed by atoms with Crippen molar-refractivity contribution in [2.24, 2.45) is 0 Å². The molecule has 2 rings (SSSR count). The van der Waals surface area contributed by atoms with Crippen LogP contribution in [-0.2, 0) is 0 Å². The number of nitrogen functional groups attached to an aromatic ring is 1. The normalized spacial score (nSPS) is 10.3. The Morgan fingerprint density at radius 2 is 2.00 bits per heavy atom. The van der Waals surface area contributed by atoms with E-state index in [9.17, 15) is 4.39 Å². The lowest BCUT2D eigenvalue weighted by Crippen LogP contribution is -2.06. The first kappa shape index (κ1) is 12.4. The standard InChI is InChI=1S/C14H15FN2O/c15-11-3-1-2-10(8-11)13-9-12(16)4-5-14(13)17-6-7-18/h1-5,8-9,17-18H,6-7,16H2. The lowest BCUT2D eigenvalue weighted by atomic mass is 10.0. The van der Waals surface area contributed by atoms with Crippen molar-refractivity contribution < 1.29 is 9.50 Å². The van der Waals surface area contributed by atoms with E-state index in [-0.39, 0.29) is 12.4 Å². The van der Waals surface area contributed by atoms with Gasteiger partial charge in [0.1, 0.15) is 5.82 Å². The number of aliphatic hydroxyl groups excluding tert-OH is 1. The fourth-order valence-electron chi connectivity index (χ4n) is 1.80. The number of hydrogen-bond donors (Lipinski definition) is 3. The summed E-state index contributed by atoms with van der Waals surface area (Å²) in [4.78, 5) is 0. The maximum absolute atomic E-state index is 13.2. The Balaban J connectivity index is 2.44. The van der Waals surface area contributed by atoms with E-state index in [1.54, 1.807) is 18.2 Å². The highest BCUT2D eigenvalue weighted by Crippen LogP contribution is 2.30. The van der Waals surface area contributed by atoms with Crippen LogP contribution in [-0.4, -0.2) is 18.3 Å². The van der Waals surface area contributed by atoms with E-state index in [1.165, 1.54) is 12.1 Å². The van der Waals surface area contributed by atoms with Crippen molar-refractivity contribution in [2.75, 3.05) is 24.2 Å². The summed E-state index contributed by atoms with van der Waals surface area (Å²) in [5.74, 6) is -0.289. The molecular weight excluding hydrogens is 231 g/mol. The molecular formula is C14H15FN2O. The second-order valence-corrected chi connectivity index (χ2v) is 3.97. The zero-order chi connectivity index (χ0) is 13.0. The van der Waals surface area contributed by atoms with E-state index in [0.717, 1.165) is 16.8 Å². The van der Waals surface area contributed by atoms with Crippen molar-refractivity contribution in [3.8, 4) is 11.1 Å². The van der Waals surface area contributed by atoms with Crippen molar-refractivity contribution in [2.45, 2.75) is 0 Å². The van der Waals surface area contributed by atoms with E-state index >= 15 is 0 Å². The smallest absolute Gasteiger partial charge is 0.123 e. The largest absolute Gasteiger partial charge is 0.399 e. The van der Waals surface area contributed by atoms with E-state index in [0.29, 0.717) is 12.2 Å². The van der Waals surface area contributed by atoms with Crippen LogP contribution in [0.25, 0.3) is 11.1 Å². The van der Waals surface area contributed by atoms with Crippen LogP contribution in [0.5, 0.6) is 0 Å². The molecule has 2 aromatic carbocycles. The Bertz CT molecular complexity index is 543. The third-order valence-electron chi connectivity index (χ3n) is 2.61. The highest BCUT2D eigenvalue weighted by molar-refractivity contribution is 5.80.